The molecule has 0 radical (unpaired) electrons. The van der Waals surface area contributed by atoms with E-state index in [2.05, 4.69) is 16.8 Å². The van der Waals surface area contributed by atoms with Crippen molar-refractivity contribution in [1.29, 1.82) is 0 Å². The Morgan fingerprint density at radius 1 is 0.881 bits per heavy atom. The molecule has 0 saturated carbocycles. The molecule has 2 unspecified atom stereocenters. The lowest BCUT2D eigenvalue weighted by atomic mass is 10.0. The van der Waals surface area contributed by atoms with Crippen LogP contribution in [0, 0.1) is 11.6 Å². The minimum Gasteiger partial charge on any atom is -0.479 e. The number of carbonyl (C=O) groups excluding carboxylic acids is 1. The van der Waals surface area contributed by atoms with Crippen molar-refractivity contribution < 1.29 is 61.2 Å². The van der Waals surface area contributed by atoms with Gasteiger partial charge in [-0.1, -0.05) is 43.3 Å². The van der Waals surface area contributed by atoms with Gasteiger partial charge in [0.2, 0.25) is 5.91 Å². The average molecular weight is 829 g/mol. The number of para-hydroxylation sites is 1. The van der Waals surface area contributed by atoms with E-state index in [0.717, 1.165) is 50.7 Å². The Balaban J connectivity index is 0.000000586. The summed E-state index contributed by atoms with van der Waals surface area (Å²) in [5.41, 5.74) is -0.147. The van der Waals surface area contributed by atoms with Crippen LogP contribution < -0.4 is 5.56 Å². The van der Waals surface area contributed by atoms with Crippen molar-refractivity contribution in [2.24, 2.45) is 0 Å². The number of carbonyl (C=O) groups is 3. The Kier molecular flexibility index (Phi) is 14.3. The number of aryl methyl sites for hydroxylation is 2. The van der Waals surface area contributed by atoms with Crippen LogP contribution in [-0.4, -0.2) is 95.5 Å². The normalized spacial score (nSPS) is 14.6. The quantitative estimate of drug-likeness (QED) is 0.115. The molecule has 1 saturated heterocycles. The number of halogens is 5. The number of alkyl halides is 3. The number of carboxylic acids is 2. The standard InChI is InChI=1S/C37H35F5N4O3.C4H6O6/c1-2-44-20-18-27(19-21-44)45(22-28-15-16-32(49-28)24-10-13-26(14-11-24)37(40,41)42)34(47)23-46-31-9-4-3-7-29(31)36(48)43-33(46)17-12-25-6-5-8-30(38)35(25)39;5-1(3(7)8)2(6)4(9)10/h3-11,13-16,27H,2,12,17-23H2,1H3;1-2,5-6H,(H,7,8)(H,9,10). The molecule has 3 aromatic carbocycles. The first-order valence-electron chi connectivity index (χ1n) is 18.5. The molecule has 1 aliphatic rings. The highest BCUT2D eigenvalue weighted by atomic mass is 19.4. The van der Waals surface area contributed by atoms with Gasteiger partial charge in [0.15, 0.2) is 23.8 Å². The molecular weight excluding hydrogens is 787 g/mol. The van der Waals surface area contributed by atoms with Crippen LogP contribution in [0.4, 0.5) is 22.0 Å². The van der Waals surface area contributed by atoms with Crippen LogP contribution >= 0.6 is 0 Å². The van der Waals surface area contributed by atoms with E-state index in [9.17, 15) is 41.1 Å². The second-order valence-corrected chi connectivity index (χ2v) is 13.7. The van der Waals surface area contributed by atoms with Crippen LogP contribution in [0.15, 0.2) is 88.1 Å². The third kappa shape index (κ3) is 11.0. The van der Waals surface area contributed by atoms with Gasteiger partial charge < -0.3 is 39.2 Å². The summed E-state index contributed by atoms with van der Waals surface area (Å²) in [6, 6.07) is 18.7. The van der Waals surface area contributed by atoms with Crippen LogP contribution in [0.1, 0.15) is 42.5 Å². The zero-order valence-corrected chi connectivity index (χ0v) is 31.6. The van der Waals surface area contributed by atoms with Gasteiger partial charge in [-0.25, -0.2) is 18.4 Å². The van der Waals surface area contributed by atoms with Gasteiger partial charge in [-0.15, -0.1) is 0 Å². The van der Waals surface area contributed by atoms with Gasteiger partial charge in [0, 0.05) is 31.1 Å². The van der Waals surface area contributed by atoms with Crippen LogP contribution in [0.25, 0.3) is 22.2 Å². The van der Waals surface area contributed by atoms with Crippen molar-refractivity contribution in [2.75, 3.05) is 19.6 Å². The van der Waals surface area contributed by atoms with Crippen LogP contribution in [0.2, 0.25) is 0 Å². The summed E-state index contributed by atoms with van der Waals surface area (Å²) in [5, 5.41) is 32.9. The summed E-state index contributed by atoms with van der Waals surface area (Å²) in [4.78, 5) is 55.3. The number of rotatable bonds is 13. The van der Waals surface area contributed by atoms with Crippen molar-refractivity contribution in [3.8, 4) is 11.3 Å². The number of carboxylic acid groups (broad SMARTS) is 2. The number of furan rings is 1. The highest BCUT2D eigenvalue weighted by molar-refractivity contribution is 5.83. The van der Waals surface area contributed by atoms with Gasteiger partial charge in [-0.3, -0.25) is 9.59 Å². The molecule has 0 spiro atoms. The summed E-state index contributed by atoms with van der Waals surface area (Å²) in [7, 11) is 0. The highest BCUT2D eigenvalue weighted by Crippen LogP contribution is 2.32. The number of aliphatic hydroxyl groups is 2. The first-order chi connectivity index (χ1) is 28.0. The van der Waals surface area contributed by atoms with E-state index in [-0.39, 0.29) is 49.3 Å². The van der Waals surface area contributed by atoms with E-state index in [0.29, 0.717) is 28.0 Å². The number of aliphatic hydroxyl groups excluding tert-OH is 2. The molecule has 3 heterocycles. The molecule has 1 fully saturated rings. The lowest BCUT2D eigenvalue weighted by Crippen LogP contribution is -2.48. The van der Waals surface area contributed by atoms with E-state index in [1.807, 2.05) is 0 Å². The topological polar surface area (TPSA) is 187 Å². The predicted molar refractivity (Wildman–Crippen MR) is 202 cm³/mol. The molecule has 2 atom stereocenters. The van der Waals surface area contributed by atoms with Gasteiger partial charge in [-0.2, -0.15) is 18.2 Å². The smallest absolute Gasteiger partial charge is 0.416 e. The maximum atomic E-state index is 14.5. The second kappa shape index (κ2) is 19.2. The van der Waals surface area contributed by atoms with Crippen molar-refractivity contribution in [3.63, 3.8) is 0 Å². The predicted octanol–water partition coefficient (Wildman–Crippen LogP) is 5.13. The average Bonchev–Trinajstić information content (AvgIpc) is 3.70. The molecule has 314 valence electrons. The number of benzene rings is 3. The molecule has 59 heavy (non-hydrogen) atoms. The van der Waals surface area contributed by atoms with Gasteiger partial charge in [0.25, 0.3) is 5.56 Å². The molecular formula is C41H41F5N4O9. The molecule has 1 amide bonds. The van der Waals surface area contributed by atoms with E-state index in [1.165, 1.54) is 24.3 Å². The summed E-state index contributed by atoms with van der Waals surface area (Å²) >= 11 is 0. The Labute approximate surface area is 333 Å². The number of likely N-dealkylation sites (tertiary alicyclic amines) is 1. The lowest BCUT2D eigenvalue weighted by molar-refractivity contribution is -0.165. The lowest BCUT2D eigenvalue weighted by Gasteiger charge is -2.38. The van der Waals surface area contributed by atoms with E-state index in [1.54, 1.807) is 45.9 Å². The third-order valence-corrected chi connectivity index (χ3v) is 9.97. The van der Waals surface area contributed by atoms with Gasteiger partial charge >= 0.3 is 18.1 Å². The highest BCUT2D eigenvalue weighted by Gasteiger charge is 2.32. The number of amides is 1. The van der Waals surface area contributed by atoms with Gasteiger partial charge in [0.1, 0.15) is 23.9 Å². The first kappa shape index (κ1) is 44.1. The molecule has 0 aliphatic carbocycles. The van der Waals surface area contributed by atoms with Crippen LogP contribution in [0.3, 0.4) is 0 Å². The molecule has 5 aromatic rings. The minimum atomic E-state index is -4.45. The molecule has 18 heteroatoms. The third-order valence-electron chi connectivity index (χ3n) is 9.97. The molecule has 0 bridgehead atoms. The van der Waals surface area contributed by atoms with Crippen molar-refractivity contribution in [3.05, 3.63) is 124 Å². The molecule has 6 rings (SSSR count). The fourth-order valence-electron chi connectivity index (χ4n) is 6.70. The van der Waals surface area contributed by atoms with E-state index >= 15 is 0 Å². The zero-order chi connectivity index (χ0) is 43.0. The molecule has 13 nitrogen and oxygen atoms in total. The number of aliphatic carboxylic acids is 2. The largest absolute Gasteiger partial charge is 0.479 e. The second-order valence-electron chi connectivity index (χ2n) is 13.7. The maximum absolute atomic E-state index is 14.5. The van der Waals surface area contributed by atoms with E-state index < -0.39 is 53.1 Å². The minimum absolute atomic E-state index is 0.0564. The Bertz CT molecular complexity index is 2300. The van der Waals surface area contributed by atoms with Gasteiger partial charge in [-0.05, 0) is 73.8 Å². The maximum Gasteiger partial charge on any atom is 0.416 e. The van der Waals surface area contributed by atoms with Crippen molar-refractivity contribution >= 4 is 28.7 Å². The number of hydrogen-bond acceptors (Lipinski definition) is 9. The zero-order valence-electron chi connectivity index (χ0n) is 31.6. The van der Waals surface area contributed by atoms with Crippen molar-refractivity contribution in [1.82, 2.24) is 19.4 Å². The number of hydrogen-bond donors (Lipinski definition) is 4. The van der Waals surface area contributed by atoms with Gasteiger partial charge in [0.05, 0.1) is 23.0 Å². The summed E-state index contributed by atoms with van der Waals surface area (Å²) in [6.45, 7) is 4.51. The Hall–Kier alpha value is -5.98. The monoisotopic (exact) mass is 828 g/mol. The molecule has 2 aromatic heterocycles. The molecule has 1 aliphatic heterocycles. The molecule has 4 N–H and O–H groups in total. The summed E-state index contributed by atoms with van der Waals surface area (Å²) < 4.78 is 75.5. The SMILES string of the molecule is CCN1CCC(N(Cc2ccc(-c3ccc(C(F)(F)F)cc3)o2)C(=O)Cn2c(CCc3cccc(F)c3F)nc(=O)c3ccccc32)CC1.O=C(O)C(O)C(O)C(=O)O. The Morgan fingerprint density at radius 2 is 1.53 bits per heavy atom. The number of piperidine rings is 1. The first-order valence-corrected chi connectivity index (χ1v) is 18.5. The summed E-state index contributed by atoms with van der Waals surface area (Å²) in [5.74, 6) is -4.62. The van der Waals surface area contributed by atoms with Crippen molar-refractivity contribution in [2.45, 2.75) is 70.1 Å². The fourth-order valence-corrected chi connectivity index (χ4v) is 6.70. The van der Waals surface area contributed by atoms with E-state index in [4.69, 9.17) is 24.8 Å². The summed E-state index contributed by atoms with van der Waals surface area (Å²) in [6.07, 6.45) is -7.40. The number of fused-ring (bicyclic) bond motifs is 1. The fraction of sp³-hybridized carbons (Fsp3) is 0.341. The van der Waals surface area contributed by atoms with Crippen LogP contribution in [-0.2, 0) is 46.5 Å². The number of nitrogens with zero attached hydrogens (tertiary/aromatic N) is 4. The van der Waals surface area contributed by atoms with Crippen LogP contribution in [0.5, 0.6) is 0 Å². The Morgan fingerprint density at radius 3 is 2.14 bits per heavy atom. The number of aromatic nitrogens is 2.